The largest absolute Gasteiger partial charge is 0.295 e. The summed E-state index contributed by atoms with van der Waals surface area (Å²) in [6, 6.07) is 8.19. The number of sulfonamides is 1. The van der Waals surface area contributed by atoms with E-state index < -0.39 is 10.0 Å². The Bertz CT molecular complexity index is 795. The van der Waals surface area contributed by atoms with Crippen molar-refractivity contribution < 1.29 is 8.42 Å². The van der Waals surface area contributed by atoms with Crippen LogP contribution in [-0.2, 0) is 15.8 Å². The van der Waals surface area contributed by atoms with Crippen molar-refractivity contribution in [3.63, 3.8) is 0 Å². The van der Waals surface area contributed by atoms with Crippen molar-refractivity contribution in [1.29, 1.82) is 0 Å². The zero-order valence-electron chi connectivity index (χ0n) is 14.9. The van der Waals surface area contributed by atoms with Crippen LogP contribution in [0, 0.1) is 13.8 Å². The maximum absolute atomic E-state index is 12.6. The molecule has 0 saturated carbocycles. The fourth-order valence-corrected chi connectivity index (χ4v) is 5.33. The fourth-order valence-electron chi connectivity index (χ4n) is 3.39. The Morgan fingerprint density at radius 2 is 1.96 bits per heavy atom. The molecule has 1 saturated heterocycles. The number of aryl methyl sites for hydroxylation is 2. The quantitative estimate of drug-likeness (QED) is 0.800. The van der Waals surface area contributed by atoms with Crippen LogP contribution in [0.15, 0.2) is 35.0 Å². The summed E-state index contributed by atoms with van der Waals surface area (Å²) in [4.78, 5) is 2.39. The molecule has 1 aliphatic rings. The van der Waals surface area contributed by atoms with E-state index in [0.717, 1.165) is 29.8 Å². The van der Waals surface area contributed by atoms with E-state index in [2.05, 4.69) is 26.4 Å². The van der Waals surface area contributed by atoms with Gasteiger partial charge in [0.1, 0.15) is 0 Å². The highest BCUT2D eigenvalue weighted by atomic mass is 32.2. The molecule has 1 atom stereocenters. The fraction of sp³-hybridized carbons (Fsp3) is 0.474. The second-order valence-electron chi connectivity index (χ2n) is 6.85. The molecule has 1 fully saturated rings. The summed E-state index contributed by atoms with van der Waals surface area (Å²) in [6.45, 7) is 6.47. The number of nitrogens with zero attached hydrogens (tertiary/aromatic N) is 1. The minimum Gasteiger partial charge on any atom is -0.295 e. The van der Waals surface area contributed by atoms with Crippen LogP contribution >= 0.6 is 11.3 Å². The molecule has 1 unspecified atom stereocenters. The number of rotatable bonds is 7. The Morgan fingerprint density at radius 1 is 1.20 bits per heavy atom. The first-order valence-corrected chi connectivity index (χ1v) is 11.3. The van der Waals surface area contributed by atoms with Gasteiger partial charge in [-0.05, 0) is 73.3 Å². The van der Waals surface area contributed by atoms with Crippen molar-refractivity contribution in [2.24, 2.45) is 0 Å². The van der Waals surface area contributed by atoms with Gasteiger partial charge in [-0.2, -0.15) is 11.3 Å². The van der Waals surface area contributed by atoms with Crippen molar-refractivity contribution in [2.75, 3.05) is 19.6 Å². The molecule has 3 rings (SSSR count). The van der Waals surface area contributed by atoms with Crippen LogP contribution in [0.5, 0.6) is 0 Å². The molecule has 2 aromatic rings. The molecule has 0 amide bonds. The first kappa shape index (κ1) is 18.6. The van der Waals surface area contributed by atoms with Gasteiger partial charge in [0.05, 0.1) is 5.75 Å². The minimum absolute atomic E-state index is 0.0386. The third kappa shape index (κ3) is 4.91. The van der Waals surface area contributed by atoms with Crippen LogP contribution < -0.4 is 4.72 Å². The summed E-state index contributed by atoms with van der Waals surface area (Å²) < 4.78 is 28.1. The highest BCUT2D eigenvalue weighted by Gasteiger charge is 2.25. The van der Waals surface area contributed by atoms with E-state index in [0.29, 0.717) is 6.54 Å². The van der Waals surface area contributed by atoms with Crippen LogP contribution in [0.25, 0.3) is 0 Å². The maximum atomic E-state index is 12.6. The lowest BCUT2D eigenvalue weighted by Crippen LogP contribution is -2.37. The minimum atomic E-state index is -3.36. The molecule has 4 nitrogen and oxygen atoms in total. The van der Waals surface area contributed by atoms with Gasteiger partial charge in [-0.15, -0.1) is 0 Å². The lowest BCUT2D eigenvalue weighted by Gasteiger charge is -2.27. The summed E-state index contributed by atoms with van der Waals surface area (Å²) in [6.07, 6.45) is 2.38. The smallest absolute Gasteiger partial charge is 0.215 e. The number of hydrogen-bond acceptors (Lipinski definition) is 4. The lowest BCUT2D eigenvalue weighted by atomic mass is 10.1. The predicted octanol–water partition coefficient (Wildman–Crippen LogP) is 3.62. The average molecular weight is 379 g/mol. The molecule has 1 aromatic carbocycles. The number of nitrogens with one attached hydrogen (secondary N) is 1. The van der Waals surface area contributed by atoms with Gasteiger partial charge in [-0.3, -0.25) is 4.90 Å². The number of likely N-dealkylation sites (tertiary alicyclic amines) is 1. The Labute approximate surface area is 154 Å². The Kier molecular flexibility index (Phi) is 5.94. The summed E-state index contributed by atoms with van der Waals surface area (Å²) in [7, 11) is -3.36. The molecule has 6 heteroatoms. The number of hydrogen-bond donors (Lipinski definition) is 1. The second-order valence-corrected chi connectivity index (χ2v) is 9.44. The Morgan fingerprint density at radius 3 is 2.64 bits per heavy atom. The van der Waals surface area contributed by atoms with Crippen molar-refractivity contribution >= 4 is 21.4 Å². The van der Waals surface area contributed by atoms with Crippen molar-refractivity contribution in [2.45, 2.75) is 38.5 Å². The lowest BCUT2D eigenvalue weighted by molar-refractivity contribution is 0.247. The molecule has 2 heterocycles. The topological polar surface area (TPSA) is 49.4 Å². The van der Waals surface area contributed by atoms with Crippen LogP contribution in [0.2, 0.25) is 0 Å². The van der Waals surface area contributed by atoms with E-state index in [4.69, 9.17) is 0 Å². The van der Waals surface area contributed by atoms with Gasteiger partial charge in [-0.25, -0.2) is 13.1 Å². The molecule has 0 spiro atoms. The second kappa shape index (κ2) is 7.99. The molecule has 0 bridgehead atoms. The van der Waals surface area contributed by atoms with Gasteiger partial charge in [0.25, 0.3) is 0 Å². The molecule has 0 aliphatic carbocycles. The van der Waals surface area contributed by atoms with E-state index in [1.807, 2.05) is 32.0 Å². The van der Waals surface area contributed by atoms with Crippen LogP contribution in [0.3, 0.4) is 0 Å². The van der Waals surface area contributed by atoms with E-state index in [1.54, 1.807) is 11.3 Å². The van der Waals surface area contributed by atoms with Gasteiger partial charge in [0, 0.05) is 12.6 Å². The van der Waals surface area contributed by atoms with E-state index in [-0.39, 0.29) is 11.8 Å². The standard InChI is InChI=1S/C19H26N2O2S2/c1-15-5-6-16(2)18(11-15)14-25(22,23)20-12-19(17-7-10-24-13-17)21-8-3-4-9-21/h5-7,10-11,13,19-20H,3-4,8-9,12,14H2,1-2H3. The van der Waals surface area contributed by atoms with E-state index >= 15 is 0 Å². The zero-order chi connectivity index (χ0) is 17.9. The predicted molar refractivity (Wildman–Crippen MR) is 104 cm³/mol. The Hall–Kier alpha value is -1.21. The monoisotopic (exact) mass is 378 g/mol. The molecule has 1 N–H and O–H groups in total. The summed E-state index contributed by atoms with van der Waals surface area (Å²) in [5, 5.41) is 4.19. The molecular weight excluding hydrogens is 352 g/mol. The average Bonchev–Trinajstić information content (AvgIpc) is 3.25. The van der Waals surface area contributed by atoms with Gasteiger partial charge in [0.2, 0.25) is 10.0 Å². The molecule has 0 radical (unpaired) electrons. The molecule has 1 aliphatic heterocycles. The first-order chi connectivity index (χ1) is 11.9. The Balaban J connectivity index is 1.70. The van der Waals surface area contributed by atoms with Gasteiger partial charge < -0.3 is 0 Å². The highest BCUT2D eigenvalue weighted by Crippen LogP contribution is 2.26. The van der Waals surface area contributed by atoms with Gasteiger partial charge >= 0.3 is 0 Å². The summed E-state index contributed by atoms with van der Waals surface area (Å²) in [5.74, 6) is 0.0386. The summed E-state index contributed by atoms with van der Waals surface area (Å²) in [5.41, 5.74) is 4.19. The van der Waals surface area contributed by atoms with Crippen LogP contribution in [-0.4, -0.2) is 33.0 Å². The molecular formula is C19H26N2O2S2. The molecule has 25 heavy (non-hydrogen) atoms. The van der Waals surface area contributed by atoms with E-state index in [9.17, 15) is 8.42 Å². The highest BCUT2D eigenvalue weighted by molar-refractivity contribution is 7.88. The summed E-state index contributed by atoms with van der Waals surface area (Å²) >= 11 is 1.66. The molecule has 136 valence electrons. The SMILES string of the molecule is Cc1ccc(C)c(CS(=O)(=O)NCC(c2ccsc2)N2CCCC2)c1. The van der Waals surface area contributed by atoms with Crippen molar-refractivity contribution in [1.82, 2.24) is 9.62 Å². The normalized spacial score (nSPS) is 17.0. The molecule has 1 aromatic heterocycles. The van der Waals surface area contributed by atoms with E-state index in [1.165, 1.54) is 18.4 Å². The first-order valence-electron chi connectivity index (χ1n) is 8.74. The van der Waals surface area contributed by atoms with Gasteiger partial charge in [-0.1, -0.05) is 23.8 Å². The zero-order valence-corrected chi connectivity index (χ0v) is 16.5. The maximum Gasteiger partial charge on any atom is 0.215 e. The number of thiophene rings is 1. The van der Waals surface area contributed by atoms with Crippen LogP contribution in [0.4, 0.5) is 0 Å². The third-order valence-electron chi connectivity index (χ3n) is 4.86. The van der Waals surface area contributed by atoms with Crippen LogP contribution in [0.1, 0.15) is 41.1 Å². The van der Waals surface area contributed by atoms with Crippen molar-refractivity contribution in [3.05, 3.63) is 57.3 Å². The van der Waals surface area contributed by atoms with Gasteiger partial charge in [0.15, 0.2) is 0 Å². The van der Waals surface area contributed by atoms with Crippen molar-refractivity contribution in [3.8, 4) is 0 Å². The number of benzene rings is 1. The third-order valence-corrected chi connectivity index (χ3v) is 6.86.